The summed E-state index contributed by atoms with van der Waals surface area (Å²) in [7, 11) is 0. The van der Waals surface area contributed by atoms with E-state index in [-0.39, 0.29) is 27.0 Å². The Morgan fingerprint density at radius 3 is 2.36 bits per heavy atom. The van der Waals surface area contributed by atoms with E-state index in [1.54, 1.807) is 12.3 Å². The lowest BCUT2D eigenvalue weighted by Gasteiger charge is -1.94. The molecule has 0 saturated heterocycles. The summed E-state index contributed by atoms with van der Waals surface area (Å²) < 4.78 is 27.1. The van der Waals surface area contributed by atoms with Gasteiger partial charge in [-0.15, -0.1) is 0 Å². The Hall–Kier alpha value is -2.40. The Morgan fingerprint density at radius 2 is 1.68 bits per heavy atom. The Balaban J connectivity index is 0.000000150. The van der Waals surface area contributed by atoms with Gasteiger partial charge in [-0.2, -0.15) is 0 Å². The molecular weight excluding hydrogens is 468 g/mol. The summed E-state index contributed by atoms with van der Waals surface area (Å²) in [5.74, 6) is -0.945. The van der Waals surface area contributed by atoms with Gasteiger partial charge in [0.25, 0.3) is 5.69 Å². The zero-order chi connectivity index (χ0) is 18.1. The second-order valence-electron chi connectivity index (χ2n) is 4.73. The van der Waals surface area contributed by atoms with Crippen LogP contribution in [0.1, 0.15) is 0 Å². The Labute approximate surface area is 154 Å². The Kier molecular flexibility index (Phi) is 4.77. The largest absolute Gasteiger partial charge is 0.346 e. The Bertz CT molecular complexity index is 1100. The lowest BCUT2D eigenvalue weighted by Crippen LogP contribution is -1.89. The lowest BCUT2D eigenvalue weighted by atomic mass is 10.3. The molecule has 128 valence electrons. The average Bonchev–Trinajstić information content (AvgIpc) is 3.22. The third kappa shape index (κ3) is 3.24. The van der Waals surface area contributed by atoms with Gasteiger partial charge in [-0.1, -0.05) is 0 Å². The molecule has 25 heavy (non-hydrogen) atoms. The maximum atomic E-state index is 13.4. The fourth-order valence-electron chi connectivity index (χ4n) is 2.11. The van der Waals surface area contributed by atoms with Crippen molar-refractivity contribution in [1.82, 2.24) is 19.9 Å². The van der Waals surface area contributed by atoms with E-state index in [2.05, 4.69) is 51.8 Å². The van der Waals surface area contributed by atoms with E-state index in [1.807, 2.05) is 0 Å². The molecule has 4 aromatic rings. The van der Waals surface area contributed by atoms with Crippen molar-refractivity contribution in [2.75, 3.05) is 0 Å². The maximum absolute atomic E-state index is 13.4. The van der Waals surface area contributed by atoms with E-state index in [0.29, 0.717) is 15.5 Å². The van der Waals surface area contributed by atoms with Crippen LogP contribution in [0.2, 0.25) is 0 Å². The molecular formula is C14H7Br2F2N5O2. The first kappa shape index (κ1) is 17.4. The summed E-state index contributed by atoms with van der Waals surface area (Å²) in [6.07, 6.45) is 5.46. The highest BCUT2D eigenvalue weighted by Crippen LogP contribution is 2.30. The van der Waals surface area contributed by atoms with Gasteiger partial charge in [-0.25, -0.2) is 18.7 Å². The maximum Gasteiger partial charge on any atom is 0.299 e. The quantitative estimate of drug-likeness (QED) is 0.304. The second kappa shape index (κ2) is 6.84. The molecule has 0 spiro atoms. The number of H-pyrrole nitrogens is 2. The van der Waals surface area contributed by atoms with E-state index in [9.17, 15) is 18.9 Å². The molecule has 2 N–H and O–H groups in total. The predicted octanol–water partition coefficient (Wildman–Crippen LogP) is 4.84. The van der Waals surface area contributed by atoms with Crippen LogP contribution in [0.3, 0.4) is 0 Å². The first-order valence-corrected chi connectivity index (χ1v) is 8.21. The van der Waals surface area contributed by atoms with Crippen molar-refractivity contribution in [3.63, 3.8) is 0 Å². The number of nitrogens with zero attached hydrogens (tertiary/aromatic N) is 3. The van der Waals surface area contributed by atoms with Gasteiger partial charge in [0.1, 0.15) is 22.5 Å². The molecule has 11 heteroatoms. The molecule has 0 aliphatic heterocycles. The van der Waals surface area contributed by atoms with E-state index in [1.165, 1.54) is 12.4 Å². The van der Waals surface area contributed by atoms with Crippen molar-refractivity contribution in [3.8, 4) is 0 Å². The summed E-state index contributed by atoms with van der Waals surface area (Å²) >= 11 is 5.96. The minimum absolute atomic E-state index is 0.104. The van der Waals surface area contributed by atoms with Crippen LogP contribution in [0, 0.1) is 21.7 Å². The van der Waals surface area contributed by atoms with Crippen molar-refractivity contribution < 1.29 is 13.7 Å². The van der Waals surface area contributed by atoms with Crippen LogP contribution in [0.25, 0.3) is 22.1 Å². The summed E-state index contributed by atoms with van der Waals surface area (Å²) in [5, 5.41) is 10.9. The standard InChI is InChI=1S/C7H3BrFN3O2.C7H4BrFN2/c8-3-1-10-7-5(6(3)9)4(2-11-7)12(13)14;8-5-3-11-7-4(6(5)9)1-2-10-7/h1-2H,(H,10,11);1-3H,(H,10,11). The zero-order valence-corrected chi connectivity index (χ0v) is 15.2. The van der Waals surface area contributed by atoms with Gasteiger partial charge in [0.15, 0.2) is 5.82 Å². The normalized spacial score (nSPS) is 10.7. The molecule has 0 unspecified atom stereocenters. The monoisotopic (exact) mass is 473 g/mol. The lowest BCUT2D eigenvalue weighted by molar-refractivity contribution is -0.383. The van der Waals surface area contributed by atoms with Crippen molar-refractivity contribution in [2.24, 2.45) is 0 Å². The molecule has 0 amide bonds. The molecule has 0 saturated carbocycles. The van der Waals surface area contributed by atoms with Crippen molar-refractivity contribution in [3.05, 3.63) is 61.5 Å². The predicted molar refractivity (Wildman–Crippen MR) is 94.2 cm³/mol. The Morgan fingerprint density at radius 1 is 1.04 bits per heavy atom. The highest BCUT2D eigenvalue weighted by molar-refractivity contribution is 9.10. The summed E-state index contributed by atoms with van der Waals surface area (Å²) in [4.78, 5) is 23.0. The van der Waals surface area contributed by atoms with Crippen LogP contribution in [0.4, 0.5) is 14.5 Å². The van der Waals surface area contributed by atoms with E-state index in [4.69, 9.17) is 0 Å². The molecule has 7 nitrogen and oxygen atoms in total. The first-order valence-electron chi connectivity index (χ1n) is 6.62. The minimum Gasteiger partial charge on any atom is -0.346 e. The van der Waals surface area contributed by atoms with Crippen molar-refractivity contribution >= 4 is 59.6 Å². The van der Waals surface area contributed by atoms with E-state index in [0.717, 1.165) is 6.20 Å². The second-order valence-corrected chi connectivity index (χ2v) is 6.44. The fraction of sp³-hybridized carbons (Fsp3) is 0. The van der Waals surface area contributed by atoms with Crippen LogP contribution < -0.4 is 0 Å². The number of hydrogen-bond acceptors (Lipinski definition) is 4. The number of halogens is 4. The smallest absolute Gasteiger partial charge is 0.299 e. The van der Waals surface area contributed by atoms with E-state index < -0.39 is 10.7 Å². The van der Waals surface area contributed by atoms with Crippen LogP contribution in [0.5, 0.6) is 0 Å². The molecule has 4 rings (SSSR count). The van der Waals surface area contributed by atoms with Gasteiger partial charge in [0.05, 0.1) is 25.5 Å². The number of pyridine rings is 2. The van der Waals surface area contributed by atoms with Crippen molar-refractivity contribution in [2.45, 2.75) is 0 Å². The number of nitro groups is 1. The number of hydrogen-bond donors (Lipinski definition) is 2. The highest BCUT2D eigenvalue weighted by Gasteiger charge is 2.20. The fourth-order valence-corrected chi connectivity index (χ4v) is 2.73. The van der Waals surface area contributed by atoms with Gasteiger partial charge >= 0.3 is 0 Å². The number of fused-ring (bicyclic) bond motifs is 2. The van der Waals surface area contributed by atoms with Gasteiger partial charge in [-0.3, -0.25) is 10.1 Å². The molecule has 0 radical (unpaired) electrons. The number of aromatic amines is 2. The van der Waals surface area contributed by atoms with Crippen LogP contribution in [-0.2, 0) is 0 Å². The topological polar surface area (TPSA) is 100 Å². The van der Waals surface area contributed by atoms with Crippen LogP contribution >= 0.6 is 31.9 Å². The molecule has 4 heterocycles. The first-order chi connectivity index (χ1) is 11.9. The summed E-state index contributed by atoms with van der Waals surface area (Å²) in [5.41, 5.74) is 0.425. The van der Waals surface area contributed by atoms with Gasteiger partial charge in [0, 0.05) is 18.6 Å². The van der Waals surface area contributed by atoms with Gasteiger partial charge in [-0.05, 0) is 37.9 Å². The average molecular weight is 475 g/mol. The summed E-state index contributed by atoms with van der Waals surface area (Å²) in [6.45, 7) is 0. The van der Waals surface area contributed by atoms with Gasteiger partial charge < -0.3 is 9.97 Å². The van der Waals surface area contributed by atoms with Crippen LogP contribution in [0.15, 0.2) is 39.8 Å². The molecule has 4 aromatic heterocycles. The number of nitrogens with one attached hydrogen (secondary N) is 2. The molecule has 0 atom stereocenters. The molecule has 0 aliphatic rings. The van der Waals surface area contributed by atoms with E-state index >= 15 is 0 Å². The molecule has 0 aromatic carbocycles. The number of aromatic nitrogens is 4. The zero-order valence-electron chi connectivity index (χ0n) is 12.1. The SMILES string of the molecule is Fc1c(Br)cnc2[nH]ccc12.O=[N+]([O-])c1c[nH]c2ncc(Br)c(F)c12. The molecule has 0 bridgehead atoms. The highest BCUT2D eigenvalue weighted by atomic mass is 79.9. The third-order valence-electron chi connectivity index (χ3n) is 3.25. The minimum atomic E-state index is -0.678. The third-order valence-corrected chi connectivity index (χ3v) is 4.36. The van der Waals surface area contributed by atoms with Crippen LogP contribution in [-0.4, -0.2) is 24.9 Å². The van der Waals surface area contributed by atoms with Crippen molar-refractivity contribution in [1.29, 1.82) is 0 Å². The molecule has 0 fully saturated rings. The van der Waals surface area contributed by atoms with Gasteiger partial charge in [0.2, 0.25) is 0 Å². The summed E-state index contributed by atoms with van der Waals surface area (Å²) in [6, 6.07) is 1.66. The molecule has 0 aliphatic carbocycles. The number of rotatable bonds is 1.